The number of aromatic amines is 2. The number of aromatic nitrogens is 5. The number of carbonyl (C=O) groups excluding carboxylic acids is 1. The predicted molar refractivity (Wildman–Crippen MR) is 122 cm³/mol. The Labute approximate surface area is 180 Å². The molecule has 3 heterocycles. The Kier molecular flexibility index (Phi) is 5.81. The number of imidazole rings is 1. The summed E-state index contributed by atoms with van der Waals surface area (Å²) in [5, 5.41) is 14.6. The molecule has 160 valence electrons. The number of fused-ring (bicyclic) bond motifs is 1. The fraction of sp³-hybridized carbons (Fsp3) is 0.304. The van der Waals surface area contributed by atoms with Gasteiger partial charge < -0.3 is 15.6 Å². The number of pyridine rings is 1. The Balaban J connectivity index is 1.71. The summed E-state index contributed by atoms with van der Waals surface area (Å²) in [6, 6.07) is 6.21. The van der Waals surface area contributed by atoms with Gasteiger partial charge >= 0.3 is 0 Å². The van der Waals surface area contributed by atoms with Crippen molar-refractivity contribution in [3.05, 3.63) is 53.6 Å². The number of H-pyrrole nitrogens is 2. The highest BCUT2D eigenvalue weighted by Gasteiger charge is 2.16. The molecule has 0 spiro atoms. The summed E-state index contributed by atoms with van der Waals surface area (Å²) in [6.45, 7) is 9.75. The van der Waals surface area contributed by atoms with Crippen molar-refractivity contribution in [3.8, 4) is 22.6 Å². The van der Waals surface area contributed by atoms with Crippen molar-refractivity contribution >= 4 is 16.8 Å². The van der Waals surface area contributed by atoms with Crippen LogP contribution in [0.25, 0.3) is 33.5 Å². The molecule has 31 heavy (non-hydrogen) atoms. The van der Waals surface area contributed by atoms with Crippen molar-refractivity contribution in [2.24, 2.45) is 0 Å². The Morgan fingerprint density at radius 3 is 2.81 bits per heavy atom. The van der Waals surface area contributed by atoms with Crippen LogP contribution in [-0.4, -0.2) is 43.6 Å². The molecule has 0 atom stereocenters. The molecule has 0 aliphatic rings. The van der Waals surface area contributed by atoms with E-state index in [-0.39, 0.29) is 11.9 Å². The summed E-state index contributed by atoms with van der Waals surface area (Å²) in [4.78, 5) is 24.2. The van der Waals surface area contributed by atoms with Gasteiger partial charge in [0.15, 0.2) is 5.82 Å². The SMILES string of the molecule is CCNCc1cncc(-c2ccc3[nH]nc(-c4ncc(C(=O)NC(C)C)[nH]4)c3c2)c1C. The molecule has 0 bridgehead atoms. The summed E-state index contributed by atoms with van der Waals surface area (Å²) in [7, 11) is 0. The Morgan fingerprint density at radius 2 is 2.03 bits per heavy atom. The van der Waals surface area contributed by atoms with E-state index in [0.717, 1.165) is 35.1 Å². The first-order valence-electron chi connectivity index (χ1n) is 10.5. The zero-order chi connectivity index (χ0) is 22.0. The summed E-state index contributed by atoms with van der Waals surface area (Å²) in [5.74, 6) is 0.363. The first-order valence-corrected chi connectivity index (χ1v) is 10.5. The van der Waals surface area contributed by atoms with Crippen LogP contribution in [-0.2, 0) is 6.54 Å². The first-order chi connectivity index (χ1) is 15.0. The summed E-state index contributed by atoms with van der Waals surface area (Å²) < 4.78 is 0. The van der Waals surface area contributed by atoms with Crippen molar-refractivity contribution in [3.63, 3.8) is 0 Å². The molecule has 4 N–H and O–H groups in total. The van der Waals surface area contributed by atoms with Crippen LogP contribution in [0.2, 0.25) is 0 Å². The second-order valence-electron chi connectivity index (χ2n) is 7.86. The van der Waals surface area contributed by atoms with Crippen LogP contribution >= 0.6 is 0 Å². The molecule has 8 heteroatoms. The maximum atomic E-state index is 12.3. The first kappa shape index (κ1) is 20.7. The lowest BCUT2D eigenvalue weighted by molar-refractivity contribution is 0.0938. The average Bonchev–Trinajstić information content (AvgIpc) is 3.39. The Hall–Kier alpha value is -3.52. The van der Waals surface area contributed by atoms with Crippen molar-refractivity contribution in [1.82, 2.24) is 35.8 Å². The van der Waals surface area contributed by atoms with E-state index >= 15 is 0 Å². The molecule has 0 fully saturated rings. The minimum absolute atomic E-state index is 0.0492. The molecular formula is C23H27N7O. The molecule has 1 amide bonds. The molecule has 0 unspecified atom stereocenters. The molecule has 4 rings (SSSR count). The number of carbonyl (C=O) groups is 1. The highest BCUT2D eigenvalue weighted by atomic mass is 16.1. The van der Waals surface area contributed by atoms with E-state index in [2.05, 4.69) is 61.8 Å². The standard InChI is InChI=1S/C23H27N7O/c1-5-24-9-16-10-25-11-18(14(16)4)15-6-7-19-17(8-15)21(30-29-19)22-26-12-20(28-22)23(31)27-13(2)3/h6-8,10-13,24H,5,9H2,1-4H3,(H,26,28)(H,27,31)(H,29,30). The number of benzene rings is 1. The minimum atomic E-state index is -0.187. The van der Waals surface area contributed by atoms with E-state index in [0.29, 0.717) is 17.2 Å². The fourth-order valence-electron chi connectivity index (χ4n) is 3.56. The fourth-order valence-corrected chi connectivity index (χ4v) is 3.56. The molecule has 0 saturated heterocycles. The van der Waals surface area contributed by atoms with Crippen LogP contribution in [0.15, 0.2) is 36.8 Å². The number of nitrogens with one attached hydrogen (secondary N) is 4. The van der Waals surface area contributed by atoms with Crippen molar-refractivity contribution in [1.29, 1.82) is 0 Å². The molecule has 4 aromatic rings. The van der Waals surface area contributed by atoms with Crippen LogP contribution in [0.4, 0.5) is 0 Å². The Morgan fingerprint density at radius 1 is 1.19 bits per heavy atom. The Bertz CT molecular complexity index is 1220. The van der Waals surface area contributed by atoms with Crippen molar-refractivity contribution in [2.75, 3.05) is 6.54 Å². The molecule has 8 nitrogen and oxygen atoms in total. The van der Waals surface area contributed by atoms with Crippen LogP contribution < -0.4 is 10.6 Å². The molecular weight excluding hydrogens is 390 g/mol. The van der Waals surface area contributed by atoms with Crippen LogP contribution in [0.5, 0.6) is 0 Å². The van der Waals surface area contributed by atoms with E-state index in [1.165, 1.54) is 17.3 Å². The molecule has 0 saturated carbocycles. The zero-order valence-electron chi connectivity index (χ0n) is 18.2. The summed E-state index contributed by atoms with van der Waals surface area (Å²) in [5.41, 5.74) is 6.51. The highest BCUT2D eigenvalue weighted by molar-refractivity contribution is 5.96. The van der Waals surface area contributed by atoms with Crippen molar-refractivity contribution in [2.45, 2.75) is 40.3 Å². The number of hydrogen-bond acceptors (Lipinski definition) is 5. The third kappa shape index (κ3) is 4.20. The van der Waals surface area contributed by atoms with E-state index < -0.39 is 0 Å². The van der Waals surface area contributed by atoms with E-state index in [1.54, 1.807) is 0 Å². The molecule has 0 radical (unpaired) electrons. The average molecular weight is 418 g/mol. The largest absolute Gasteiger partial charge is 0.349 e. The zero-order valence-corrected chi connectivity index (χ0v) is 18.2. The lowest BCUT2D eigenvalue weighted by Gasteiger charge is -2.11. The minimum Gasteiger partial charge on any atom is -0.349 e. The molecule has 0 aliphatic carbocycles. The van der Waals surface area contributed by atoms with Gasteiger partial charge in [0.2, 0.25) is 0 Å². The summed E-state index contributed by atoms with van der Waals surface area (Å²) in [6.07, 6.45) is 5.35. The number of amides is 1. The normalized spacial score (nSPS) is 11.4. The lowest BCUT2D eigenvalue weighted by Crippen LogP contribution is -2.30. The van der Waals surface area contributed by atoms with Gasteiger partial charge in [-0.2, -0.15) is 5.10 Å². The van der Waals surface area contributed by atoms with Gasteiger partial charge in [-0.1, -0.05) is 13.0 Å². The van der Waals surface area contributed by atoms with Gasteiger partial charge in [-0.3, -0.25) is 14.9 Å². The quantitative estimate of drug-likeness (QED) is 0.367. The predicted octanol–water partition coefficient (Wildman–Crippen LogP) is 3.57. The smallest absolute Gasteiger partial charge is 0.269 e. The second-order valence-corrected chi connectivity index (χ2v) is 7.86. The maximum absolute atomic E-state index is 12.3. The van der Waals surface area contributed by atoms with Gasteiger partial charge in [-0.05, 0) is 56.1 Å². The van der Waals surface area contributed by atoms with Gasteiger partial charge in [0.05, 0.1) is 11.7 Å². The van der Waals surface area contributed by atoms with E-state index in [4.69, 9.17) is 0 Å². The van der Waals surface area contributed by atoms with E-state index in [1.807, 2.05) is 32.3 Å². The highest BCUT2D eigenvalue weighted by Crippen LogP contribution is 2.31. The third-order valence-corrected chi connectivity index (χ3v) is 5.22. The molecule has 1 aromatic carbocycles. The third-order valence-electron chi connectivity index (χ3n) is 5.22. The van der Waals surface area contributed by atoms with Gasteiger partial charge in [0.1, 0.15) is 11.4 Å². The monoisotopic (exact) mass is 417 g/mol. The van der Waals surface area contributed by atoms with Gasteiger partial charge in [-0.25, -0.2) is 4.98 Å². The van der Waals surface area contributed by atoms with Crippen LogP contribution in [0, 0.1) is 6.92 Å². The summed E-state index contributed by atoms with van der Waals surface area (Å²) >= 11 is 0. The topological polar surface area (TPSA) is 111 Å². The van der Waals surface area contributed by atoms with E-state index in [9.17, 15) is 4.79 Å². The lowest BCUT2D eigenvalue weighted by atomic mass is 9.98. The molecule has 0 aliphatic heterocycles. The molecule has 3 aromatic heterocycles. The van der Waals surface area contributed by atoms with Gasteiger partial charge in [0, 0.05) is 35.9 Å². The number of rotatable bonds is 7. The maximum Gasteiger partial charge on any atom is 0.269 e. The number of hydrogen-bond donors (Lipinski definition) is 4. The van der Waals surface area contributed by atoms with Crippen LogP contribution in [0.1, 0.15) is 42.4 Å². The number of nitrogens with zero attached hydrogens (tertiary/aromatic N) is 3. The van der Waals surface area contributed by atoms with Crippen molar-refractivity contribution < 1.29 is 4.79 Å². The second kappa shape index (κ2) is 8.69. The van der Waals surface area contributed by atoms with Crippen LogP contribution in [0.3, 0.4) is 0 Å². The van der Waals surface area contributed by atoms with Gasteiger partial charge in [0.25, 0.3) is 5.91 Å². The van der Waals surface area contributed by atoms with Gasteiger partial charge in [-0.15, -0.1) is 0 Å².